The van der Waals surface area contributed by atoms with E-state index in [0.717, 1.165) is 50.6 Å². The number of carboxylic acids is 2. The zero-order valence-corrected chi connectivity index (χ0v) is 25.9. The van der Waals surface area contributed by atoms with Gasteiger partial charge in [-0.05, 0) is 64.7 Å². The lowest BCUT2D eigenvalue weighted by Gasteiger charge is -2.08. The third-order valence-electron chi connectivity index (χ3n) is 7.34. The van der Waals surface area contributed by atoms with Gasteiger partial charge in [0.2, 0.25) is 0 Å². The van der Waals surface area contributed by atoms with Crippen LogP contribution in [-0.4, -0.2) is 67.9 Å². The summed E-state index contributed by atoms with van der Waals surface area (Å²) in [6.45, 7) is 0.516. The maximum absolute atomic E-state index is 11.0. The Morgan fingerprint density at radius 1 is 0.844 bits per heavy atom. The number of aliphatic imine (C=N–C) groups is 2. The van der Waals surface area contributed by atoms with Crippen LogP contribution in [0.4, 0.5) is 0 Å². The minimum atomic E-state index is -0.895. The largest absolute Gasteiger partial charge is 0.497 e. The molecular formula is C34H29N3O6S2. The minimum absolute atomic E-state index is 0.455. The number of fused-ring (bicyclic) bond motifs is 2. The molecule has 11 heteroatoms. The van der Waals surface area contributed by atoms with E-state index in [4.69, 9.17) is 19.7 Å². The van der Waals surface area contributed by atoms with Crippen LogP contribution in [-0.2, 0) is 22.6 Å². The van der Waals surface area contributed by atoms with E-state index in [-0.39, 0.29) is 0 Å². The van der Waals surface area contributed by atoms with Crippen LogP contribution in [0.3, 0.4) is 0 Å². The van der Waals surface area contributed by atoms with Gasteiger partial charge in [0.1, 0.15) is 23.1 Å². The van der Waals surface area contributed by atoms with Gasteiger partial charge in [-0.2, -0.15) is 0 Å². The Morgan fingerprint density at radius 2 is 1.56 bits per heavy atom. The van der Waals surface area contributed by atoms with Crippen molar-refractivity contribution < 1.29 is 29.3 Å². The zero-order chi connectivity index (χ0) is 31.3. The van der Waals surface area contributed by atoms with Crippen LogP contribution in [0.1, 0.15) is 22.4 Å². The van der Waals surface area contributed by atoms with Crippen LogP contribution in [0, 0.1) is 0 Å². The van der Waals surface area contributed by atoms with E-state index in [1.165, 1.54) is 29.1 Å². The van der Waals surface area contributed by atoms with Gasteiger partial charge in [-0.3, -0.25) is 9.98 Å². The minimum Gasteiger partial charge on any atom is -0.497 e. The lowest BCUT2D eigenvalue weighted by molar-refractivity contribution is -0.138. The number of thioether (sulfide) groups is 2. The first-order chi connectivity index (χ1) is 21.9. The monoisotopic (exact) mass is 639 g/mol. The molecule has 0 saturated carbocycles. The maximum Gasteiger partial charge on any atom is 0.329 e. The summed E-state index contributed by atoms with van der Waals surface area (Å²) in [5.41, 5.74) is 6.14. The molecule has 0 radical (unpaired) electrons. The molecule has 0 spiro atoms. The fourth-order valence-electron chi connectivity index (χ4n) is 4.95. The average molecular weight is 640 g/mol. The molecule has 9 nitrogen and oxygen atoms in total. The molecule has 1 aliphatic carbocycles. The van der Waals surface area contributed by atoms with Crippen LogP contribution in [0.15, 0.2) is 94.4 Å². The molecule has 3 heterocycles. The first kappa shape index (κ1) is 30.4. The molecule has 3 aliphatic rings. The van der Waals surface area contributed by atoms with Crippen molar-refractivity contribution in [2.75, 3.05) is 18.6 Å². The summed E-state index contributed by atoms with van der Waals surface area (Å²) in [7, 11) is 1.65. The summed E-state index contributed by atoms with van der Waals surface area (Å²) in [4.78, 5) is 35.1. The molecule has 2 aliphatic heterocycles. The molecule has 4 aromatic rings. The molecule has 0 unspecified atom stereocenters. The van der Waals surface area contributed by atoms with Gasteiger partial charge in [-0.25, -0.2) is 14.6 Å². The summed E-state index contributed by atoms with van der Waals surface area (Å²) in [6.07, 6.45) is 2.88. The molecule has 0 amide bonds. The number of rotatable bonds is 8. The van der Waals surface area contributed by atoms with Crippen LogP contribution < -0.4 is 9.47 Å². The second-order valence-electron chi connectivity index (χ2n) is 10.4. The molecule has 7 rings (SSSR count). The molecule has 0 bridgehead atoms. The highest BCUT2D eigenvalue weighted by Crippen LogP contribution is 2.34. The Labute approximate surface area is 268 Å². The van der Waals surface area contributed by atoms with E-state index >= 15 is 0 Å². The molecular weight excluding hydrogens is 611 g/mol. The van der Waals surface area contributed by atoms with Gasteiger partial charge in [0.05, 0.1) is 23.4 Å². The van der Waals surface area contributed by atoms with E-state index in [1.54, 1.807) is 7.11 Å². The summed E-state index contributed by atoms with van der Waals surface area (Å²) in [6, 6.07) is 24.3. The van der Waals surface area contributed by atoms with E-state index in [2.05, 4.69) is 21.0 Å². The summed E-state index contributed by atoms with van der Waals surface area (Å²) < 4.78 is 11.1. The molecule has 45 heavy (non-hydrogen) atoms. The van der Waals surface area contributed by atoms with E-state index in [0.29, 0.717) is 28.9 Å². The van der Waals surface area contributed by atoms with Crippen molar-refractivity contribution >= 4 is 62.5 Å². The van der Waals surface area contributed by atoms with Crippen molar-refractivity contribution in [2.45, 2.75) is 25.1 Å². The van der Waals surface area contributed by atoms with Gasteiger partial charge < -0.3 is 19.7 Å². The van der Waals surface area contributed by atoms with Crippen molar-refractivity contribution in [1.29, 1.82) is 0 Å². The lowest BCUT2D eigenvalue weighted by Crippen LogP contribution is -2.17. The van der Waals surface area contributed by atoms with Gasteiger partial charge in [0.15, 0.2) is 12.1 Å². The van der Waals surface area contributed by atoms with Crippen molar-refractivity contribution in [3.05, 3.63) is 107 Å². The first-order valence-electron chi connectivity index (χ1n) is 14.2. The van der Waals surface area contributed by atoms with Crippen molar-refractivity contribution in [2.24, 2.45) is 9.98 Å². The van der Waals surface area contributed by atoms with E-state index < -0.39 is 24.0 Å². The van der Waals surface area contributed by atoms with Crippen LogP contribution >= 0.6 is 23.5 Å². The third kappa shape index (κ3) is 7.21. The molecule has 1 aromatic heterocycles. The number of benzene rings is 3. The Bertz CT molecular complexity index is 1860. The summed E-state index contributed by atoms with van der Waals surface area (Å²) in [5, 5.41) is 20.5. The highest BCUT2D eigenvalue weighted by atomic mass is 32.2. The Balaban J connectivity index is 0.000000167. The second kappa shape index (κ2) is 13.6. The number of pyridine rings is 1. The van der Waals surface area contributed by atoms with E-state index in [9.17, 15) is 9.59 Å². The zero-order valence-electron chi connectivity index (χ0n) is 24.3. The van der Waals surface area contributed by atoms with Crippen LogP contribution in [0.2, 0.25) is 0 Å². The number of aromatic nitrogens is 1. The van der Waals surface area contributed by atoms with Crippen LogP contribution in [0.5, 0.6) is 11.5 Å². The van der Waals surface area contributed by atoms with Gasteiger partial charge >= 0.3 is 11.9 Å². The number of carboxylic acid groups (broad SMARTS) is 2. The van der Waals surface area contributed by atoms with Crippen molar-refractivity contribution in [3.8, 4) is 11.5 Å². The standard InChI is InChI=1S/C20H16N2O3S.C14H13NO3S/c23-20(24)18-12-26-19(22-18)17-8-6-14-10-15(7-9-16(14)21-17)25-11-13-4-2-1-3-5-13;1-18-11-3-2-8-4-10(5-9(8)6-11)13-15-12(7-19-13)14(16)17/h1-10,18H,11-12H2,(H,23,24);2-4,6,12H,5,7H2,1H3,(H,16,17)/t18-;12-/m11/s1. The summed E-state index contributed by atoms with van der Waals surface area (Å²) >= 11 is 2.96. The Hall–Kier alpha value is -4.61. The number of methoxy groups -OCH3 is 1. The van der Waals surface area contributed by atoms with Gasteiger partial charge in [-0.15, -0.1) is 23.5 Å². The van der Waals surface area contributed by atoms with Gasteiger partial charge in [0.25, 0.3) is 0 Å². The topological polar surface area (TPSA) is 131 Å². The smallest absolute Gasteiger partial charge is 0.329 e. The second-order valence-corrected chi connectivity index (χ2v) is 12.5. The Morgan fingerprint density at radius 3 is 2.27 bits per heavy atom. The average Bonchev–Trinajstić information content (AvgIpc) is 3.84. The normalized spacial score (nSPS) is 18.3. The van der Waals surface area contributed by atoms with Crippen molar-refractivity contribution in [3.63, 3.8) is 0 Å². The molecule has 228 valence electrons. The molecule has 2 atom stereocenters. The van der Waals surface area contributed by atoms with Crippen LogP contribution in [0.25, 0.3) is 17.0 Å². The molecule has 2 N–H and O–H groups in total. The Kier molecular flexibility index (Phi) is 9.18. The molecule has 0 saturated heterocycles. The fourth-order valence-corrected chi connectivity index (χ4v) is 7.00. The van der Waals surface area contributed by atoms with Crippen molar-refractivity contribution in [1.82, 2.24) is 4.98 Å². The molecule has 0 fully saturated rings. The van der Waals surface area contributed by atoms with E-state index in [1.807, 2.05) is 78.9 Å². The number of hydrogen-bond donors (Lipinski definition) is 2. The predicted molar refractivity (Wildman–Crippen MR) is 179 cm³/mol. The maximum atomic E-state index is 11.0. The number of hydrogen-bond acceptors (Lipinski definition) is 9. The first-order valence-corrected chi connectivity index (χ1v) is 16.2. The number of ether oxygens (including phenoxy) is 2. The SMILES string of the molecule is COc1ccc2c(c1)CC(C1=N[C@@H](C(=O)O)CS1)=C2.O=C(O)[C@H]1CSC(c2ccc3cc(OCc4ccccc4)ccc3n2)=N1. The van der Waals surface area contributed by atoms with Gasteiger partial charge in [0, 0.05) is 23.3 Å². The lowest BCUT2D eigenvalue weighted by atomic mass is 10.1. The highest BCUT2D eigenvalue weighted by Gasteiger charge is 2.28. The van der Waals surface area contributed by atoms with Gasteiger partial charge in [-0.1, -0.05) is 42.5 Å². The summed E-state index contributed by atoms with van der Waals surface area (Å²) in [5.74, 6) is 0.874. The molecule has 3 aromatic carbocycles. The fraction of sp³-hybridized carbons (Fsp3) is 0.206. The number of nitrogens with zero attached hydrogens (tertiary/aromatic N) is 3. The number of aliphatic carboxylic acids is 2. The quantitative estimate of drug-likeness (QED) is 0.239. The third-order valence-corrected chi connectivity index (χ3v) is 9.53. The predicted octanol–water partition coefficient (Wildman–Crippen LogP) is 5.99. The highest BCUT2D eigenvalue weighted by molar-refractivity contribution is 8.15. The number of carbonyl (C=O) groups is 2.